The van der Waals surface area contributed by atoms with Crippen molar-refractivity contribution in [3.05, 3.63) is 47.0 Å². The summed E-state index contributed by atoms with van der Waals surface area (Å²) in [7, 11) is 0. The van der Waals surface area contributed by atoms with Crippen LogP contribution in [0.1, 0.15) is 43.2 Å². The topological polar surface area (TPSA) is 12.0 Å². The normalized spacial score (nSPS) is 22.7. The first kappa shape index (κ1) is 12.0. The fraction of sp³-hybridized carbons (Fsp3) is 0.529. The van der Waals surface area contributed by atoms with Crippen LogP contribution in [0.3, 0.4) is 0 Å². The largest absolute Gasteiger partial charge is 0.313 e. The Kier molecular flexibility index (Phi) is 3.80. The Hall–Kier alpha value is -1.08. The van der Waals surface area contributed by atoms with E-state index >= 15 is 0 Å². The van der Waals surface area contributed by atoms with Crippen LogP contribution in [0.5, 0.6) is 0 Å². The highest BCUT2D eigenvalue weighted by atomic mass is 14.9. The van der Waals surface area contributed by atoms with E-state index in [1.165, 1.54) is 51.5 Å². The molecule has 96 valence electrons. The lowest BCUT2D eigenvalue weighted by Crippen LogP contribution is -2.35. The third-order valence-electron chi connectivity index (χ3n) is 4.36. The summed E-state index contributed by atoms with van der Waals surface area (Å²) in [6.45, 7) is 1.17. The lowest BCUT2D eigenvalue weighted by Gasteiger charge is -2.25. The number of rotatable bonds is 4. The molecule has 0 fully saturated rings. The highest BCUT2D eigenvalue weighted by Gasteiger charge is 2.17. The van der Waals surface area contributed by atoms with Crippen molar-refractivity contribution >= 4 is 0 Å². The van der Waals surface area contributed by atoms with Crippen molar-refractivity contribution in [2.75, 3.05) is 6.54 Å². The molecule has 0 saturated heterocycles. The van der Waals surface area contributed by atoms with Crippen LogP contribution >= 0.6 is 0 Å². The summed E-state index contributed by atoms with van der Waals surface area (Å²) in [5.41, 5.74) is 4.80. The molecule has 0 amide bonds. The molecule has 0 spiro atoms. The Morgan fingerprint density at radius 2 is 2.00 bits per heavy atom. The van der Waals surface area contributed by atoms with E-state index in [1.807, 2.05) is 0 Å². The number of hydrogen-bond donors (Lipinski definition) is 1. The van der Waals surface area contributed by atoms with E-state index in [-0.39, 0.29) is 0 Å². The number of aryl methyl sites for hydroxylation is 1. The first-order chi connectivity index (χ1) is 8.92. The SMILES string of the molecule is C1=C(CCNC2CCc3ccccc3C2)CCC1. The van der Waals surface area contributed by atoms with Gasteiger partial charge < -0.3 is 5.32 Å². The molecule has 0 aliphatic heterocycles. The minimum atomic E-state index is 0.696. The van der Waals surface area contributed by atoms with Crippen molar-refractivity contribution in [1.29, 1.82) is 0 Å². The fourth-order valence-corrected chi connectivity index (χ4v) is 3.27. The number of hydrogen-bond acceptors (Lipinski definition) is 1. The average molecular weight is 241 g/mol. The van der Waals surface area contributed by atoms with E-state index in [0.717, 1.165) is 0 Å². The molecule has 2 aliphatic carbocycles. The molecule has 1 N–H and O–H groups in total. The number of allylic oxidation sites excluding steroid dienone is 1. The van der Waals surface area contributed by atoms with E-state index in [1.54, 1.807) is 16.7 Å². The van der Waals surface area contributed by atoms with Gasteiger partial charge in [-0.05, 0) is 62.6 Å². The average Bonchev–Trinajstić information content (AvgIpc) is 2.92. The summed E-state index contributed by atoms with van der Waals surface area (Å²) < 4.78 is 0. The van der Waals surface area contributed by atoms with Gasteiger partial charge in [0.1, 0.15) is 0 Å². The minimum absolute atomic E-state index is 0.696. The molecule has 1 aromatic rings. The number of fused-ring (bicyclic) bond motifs is 1. The summed E-state index contributed by atoms with van der Waals surface area (Å²) in [4.78, 5) is 0. The summed E-state index contributed by atoms with van der Waals surface area (Å²) >= 11 is 0. The third-order valence-corrected chi connectivity index (χ3v) is 4.36. The fourth-order valence-electron chi connectivity index (χ4n) is 3.27. The van der Waals surface area contributed by atoms with Gasteiger partial charge in [-0.25, -0.2) is 0 Å². The Morgan fingerprint density at radius 3 is 2.83 bits per heavy atom. The molecular weight excluding hydrogens is 218 g/mol. The van der Waals surface area contributed by atoms with Crippen molar-refractivity contribution < 1.29 is 0 Å². The second kappa shape index (κ2) is 5.71. The maximum atomic E-state index is 3.75. The molecule has 0 heterocycles. The number of nitrogens with one attached hydrogen (secondary N) is 1. The Labute approximate surface area is 110 Å². The summed E-state index contributed by atoms with van der Waals surface area (Å²) in [5.74, 6) is 0. The van der Waals surface area contributed by atoms with Gasteiger partial charge in [0.05, 0.1) is 0 Å². The zero-order valence-electron chi connectivity index (χ0n) is 11.1. The van der Waals surface area contributed by atoms with E-state index < -0.39 is 0 Å². The van der Waals surface area contributed by atoms with Crippen molar-refractivity contribution in [2.24, 2.45) is 0 Å². The van der Waals surface area contributed by atoms with E-state index in [2.05, 4.69) is 35.7 Å². The van der Waals surface area contributed by atoms with Crippen molar-refractivity contribution in [2.45, 2.75) is 51.0 Å². The van der Waals surface area contributed by atoms with Crippen molar-refractivity contribution in [1.82, 2.24) is 5.32 Å². The zero-order chi connectivity index (χ0) is 12.2. The Morgan fingerprint density at radius 1 is 1.11 bits per heavy atom. The molecule has 1 atom stereocenters. The monoisotopic (exact) mass is 241 g/mol. The molecule has 2 aliphatic rings. The maximum absolute atomic E-state index is 3.75. The predicted molar refractivity (Wildman–Crippen MR) is 76.8 cm³/mol. The molecule has 0 bridgehead atoms. The lowest BCUT2D eigenvalue weighted by atomic mass is 9.88. The quantitative estimate of drug-likeness (QED) is 0.794. The van der Waals surface area contributed by atoms with Crippen LogP contribution in [0.4, 0.5) is 0 Å². The van der Waals surface area contributed by atoms with Gasteiger partial charge in [-0.3, -0.25) is 0 Å². The van der Waals surface area contributed by atoms with E-state index in [4.69, 9.17) is 0 Å². The zero-order valence-corrected chi connectivity index (χ0v) is 11.1. The van der Waals surface area contributed by atoms with Gasteiger partial charge in [0, 0.05) is 6.04 Å². The predicted octanol–water partition coefficient (Wildman–Crippen LogP) is 3.63. The number of benzene rings is 1. The van der Waals surface area contributed by atoms with Gasteiger partial charge >= 0.3 is 0 Å². The second-order valence-corrected chi connectivity index (χ2v) is 5.67. The highest BCUT2D eigenvalue weighted by Crippen LogP contribution is 2.22. The molecule has 0 radical (unpaired) electrons. The molecule has 0 aromatic heterocycles. The highest BCUT2D eigenvalue weighted by molar-refractivity contribution is 5.30. The summed E-state index contributed by atoms with van der Waals surface area (Å²) in [6.07, 6.45) is 11.5. The summed E-state index contributed by atoms with van der Waals surface area (Å²) in [5, 5.41) is 3.75. The molecule has 1 nitrogen and oxygen atoms in total. The van der Waals surface area contributed by atoms with Crippen LogP contribution in [0, 0.1) is 0 Å². The molecule has 1 aromatic carbocycles. The molecule has 0 saturated carbocycles. The lowest BCUT2D eigenvalue weighted by molar-refractivity contribution is 0.460. The van der Waals surface area contributed by atoms with Gasteiger partial charge in [0.15, 0.2) is 0 Å². The van der Waals surface area contributed by atoms with E-state index in [0.29, 0.717) is 6.04 Å². The first-order valence-electron chi connectivity index (χ1n) is 7.40. The Bertz CT molecular complexity index is 433. The van der Waals surface area contributed by atoms with Gasteiger partial charge in [-0.2, -0.15) is 0 Å². The first-order valence-corrected chi connectivity index (χ1v) is 7.40. The van der Waals surface area contributed by atoms with E-state index in [9.17, 15) is 0 Å². The van der Waals surface area contributed by atoms with Gasteiger partial charge in [-0.15, -0.1) is 0 Å². The van der Waals surface area contributed by atoms with Crippen LogP contribution in [-0.4, -0.2) is 12.6 Å². The molecular formula is C17H23N. The molecule has 18 heavy (non-hydrogen) atoms. The van der Waals surface area contributed by atoms with Crippen LogP contribution in [-0.2, 0) is 12.8 Å². The van der Waals surface area contributed by atoms with Crippen LogP contribution in [0.25, 0.3) is 0 Å². The summed E-state index contributed by atoms with van der Waals surface area (Å²) in [6, 6.07) is 9.61. The molecule has 1 unspecified atom stereocenters. The van der Waals surface area contributed by atoms with Crippen molar-refractivity contribution in [3.8, 4) is 0 Å². The third kappa shape index (κ3) is 2.84. The smallest absolute Gasteiger partial charge is 0.0111 e. The standard InChI is InChI=1S/C17H23N/c1-2-6-14(5-1)11-12-18-17-10-9-15-7-3-4-8-16(15)13-17/h3-5,7-8,17-18H,1-2,6,9-13H2. The van der Waals surface area contributed by atoms with Crippen molar-refractivity contribution in [3.63, 3.8) is 0 Å². The van der Waals surface area contributed by atoms with Gasteiger partial charge in [-0.1, -0.05) is 35.9 Å². The maximum Gasteiger partial charge on any atom is 0.0111 e. The minimum Gasteiger partial charge on any atom is -0.313 e. The second-order valence-electron chi connectivity index (χ2n) is 5.67. The van der Waals surface area contributed by atoms with Crippen LogP contribution < -0.4 is 5.32 Å². The van der Waals surface area contributed by atoms with Gasteiger partial charge in [0.2, 0.25) is 0 Å². The Balaban J connectivity index is 1.47. The molecule has 1 heteroatoms. The van der Waals surface area contributed by atoms with Crippen LogP contribution in [0.2, 0.25) is 0 Å². The van der Waals surface area contributed by atoms with Gasteiger partial charge in [0.25, 0.3) is 0 Å². The van der Waals surface area contributed by atoms with Crippen LogP contribution in [0.15, 0.2) is 35.9 Å². The molecule has 3 rings (SSSR count).